The van der Waals surface area contributed by atoms with Crippen molar-refractivity contribution < 1.29 is 9.47 Å². The zero-order valence-corrected chi connectivity index (χ0v) is 19.6. The zero-order chi connectivity index (χ0) is 19.4. The third-order valence-corrected chi connectivity index (χ3v) is 5.07. The van der Waals surface area contributed by atoms with Crippen LogP contribution in [0.25, 0.3) is 11.0 Å². The molecule has 1 fully saturated rings. The predicted octanol–water partition coefficient (Wildman–Crippen LogP) is 3.04. The maximum atomic E-state index is 5.80. The number of hydrogen-bond donors (Lipinski definition) is 2. The van der Waals surface area contributed by atoms with Gasteiger partial charge < -0.3 is 24.7 Å². The number of fused-ring (bicyclic) bond motifs is 1. The molecule has 1 aromatic carbocycles. The maximum absolute atomic E-state index is 5.80. The van der Waals surface area contributed by atoms with Gasteiger partial charge in [-0.1, -0.05) is 12.1 Å². The Hall–Kier alpha value is -1.39. The summed E-state index contributed by atoms with van der Waals surface area (Å²) in [6, 6.07) is 8.23. The number of aromatic nitrogens is 2. The van der Waals surface area contributed by atoms with Crippen molar-refractivity contribution in [1.29, 1.82) is 0 Å². The van der Waals surface area contributed by atoms with E-state index in [1.807, 2.05) is 18.5 Å². The maximum Gasteiger partial charge on any atom is 0.190 e. The highest BCUT2D eigenvalue weighted by atomic mass is 127. The summed E-state index contributed by atoms with van der Waals surface area (Å²) in [5, 5.41) is 6.72. The molecule has 7 nitrogen and oxygen atoms in total. The van der Waals surface area contributed by atoms with Crippen molar-refractivity contribution >= 4 is 41.0 Å². The molecule has 1 aliphatic rings. The fourth-order valence-corrected chi connectivity index (χ4v) is 3.41. The number of imidazole rings is 1. The fraction of sp³-hybridized carbons (Fsp3) is 0.619. The number of benzene rings is 1. The van der Waals surface area contributed by atoms with Crippen LogP contribution in [0.3, 0.4) is 0 Å². The number of aryl methyl sites for hydroxylation is 1. The molecule has 0 bridgehead atoms. The summed E-state index contributed by atoms with van der Waals surface area (Å²) in [5.74, 6) is 1.52. The lowest BCUT2D eigenvalue weighted by Gasteiger charge is -2.21. The quantitative estimate of drug-likeness (QED) is 0.220. The number of para-hydroxylation sites is 2. The lowest BCUT2D eigenvalue weighted by Crippen LogP contribution is -2.38. The highest BCUT2D eigenvalue weighted by Gasteiger charge is 2.13. The molecule has 29 heavy (non-hydrogen) atoms. The van der Waals surface area contributed by atoms with E-state index in [0.29, 0.717) is 5.92 Å². The molecular weight excluding hydrogens is 481 g/mol. The first-order valence-electron chi connectivity index (χ1n) is 10.4. The average Bonchev–Trinajstić information content (AvgIpc) is 3.16. The normalized spacial score (nSPS) is 15.3. The van der Waals surface area contributed by atoms with E-state index in [9.17, 15) is 0 Å². The summed E-state index contributed by atoms with van der Waals surface area (Å²) in [6.45, 7) is 6.08. The van der Waals surface area contributed by atoms with Crippen LogP contribution in [0, 0.1) is 5.92 Å². The van der Waals surface area contributed by atoms with Crippen molar-refractivity contribution in [2.45, 2.75) is 32.2 Å². The van der Waals surface area contributed by atoms with E-state index in [2.05, 4.69) is 37.3 Å². The van der Waals surface area contributed by atoms with Crippen LogP contribution in [-0.2, 0) is 16.0 Å². The van der Waals surface area contributed by atoms with Crippen LogP contribution < -0.4 is 10.6 Å². The van der Waals surface area contributed by atoms with E-state index >= 15 is 0 Å². The minimum Gasteiger partial charge on any atom is -0.381 e. The van der Waals surface area contributed by atoms with Crippen molar-refractivity contribution in [2.75, 3.05) is 46.6 Å². The van der Waals surface area contributed by atoms with E-state index in [1.165, 1.54) is 5.52 Å². The minimum atomic E-state index is 0. The second kappa shape index (κ2) is 13.8. The predicted molar refractivity (Wildman–Crippen MR) is 128 cm³/mol. The molecule has 3 rings (SSSR count). The number of aliphatic imine (C=N–C) groups is 1. The first-order valence-corrected chi connectivity index (χ1v) is 10.4. The van der Waals surface area contributed by atoms with Gasteiger partial charge >= 0.3 is 0 Å². The SMILES string of the molecule is CN=C(NCCCOCC1CCOCC1)NCCCn1cnc2ccccc21.I. The van der Waals surface area contributed by atoms with Crippen LogP contribution in [0.4, 0.5) is 0 Å². The van der Waals surface area contributed by atoms with Gasteiger partial charge in [0.15, 0.2) is 5.96 Å². The Labute approximate surface area is 190 Å². The smallest absolute Gasteiger partial charge is 0.190 e. The monoisotopic (exact) mass is 515 g/mol. The molecule has 0 saturated carbocycles. The van der Waals surface area contributed by atoms with E-state index in [0.717, 1.165) is 83.2 Å². The first-order chi connectivity index (χ1) is 13.9. The van der Waals surface area contributed by atoms with Crippen LogP contribution in [0.2, 0.25) is 0 Å². The van der Waals surface area contributed by atoms with Crippen LogP contribution in [0.15, 0.2) is 35.6 Å². The molecule has 2 heterocycles. The lowest BCUT2D eigenvalue weighted by atomic mass is 10.0. The highest BCUT2D eigenvalue weighted by Crippen LogP contribution is 2.14. The average molecular weight is 515 g/mol. The third kappa shape index (κ3) is 8.10. The number of halogens is 1. The van der Waals surface area contributed by atoms with E-state index in [4.69, 9.17) is 9.47 Å². The molecule has 0 spiro atoms. The van der Waals surface area contributed by atoms with Crippen molar-refractivity contribution in [1.82, 2.24) is 20.2 Å². The lowest BCUT2D eigenvalue weighted by molar-refractivity contribution is 0.0203. The summed E-state index contributed by atoms with van der Waals surface area (Å²) in [7, 11) is 1.81. The number of guanidine groups is 1. The zero-order valence-electron chi connectivity index (χ0n) is 17.3. The molecule has 2 N–H and O–H groups in total. The molecule has 0 amide bonds. The molecule has 8 heteroatoms. The van der Waals surface area contributed by atoms with E-state index < -0.39 is 0 Å². The van der Waals surface area contributed by atoms with Gasteiger partial charge in [0, 0.05) is 53.1 Å². The van der Waals surface area contributed by atoms with Gasteiger partial charge in [-0.15, -0.1) is 24.0 Å². The Morgan fingerprint density at radius 2 is 1.97 bits per heavy atom. The fourth-order valence-electron chi connectivity index (χ4n) is 3.41. The number of nitrogens with one attached hydrogen (secondary N) is 2. The van der Waals surface area contributed by atoms with Crippen LogP contribution in [0.1, 0.15) is 25.7 Å². The molecule has 2 aromatic rings. The Kier molecular flexibility index (Phi) is 11.3. The Balaban J connectivity index is 0.00000300. The van der Waals surface area contributed by atoms with Crippen molar-refractivity contribution in [2.24, 2.45) is 10.9 Å². The number of ether oxygens (including phenoxy) is 2. The van der Waals surface area contributed by atoms with Gasteiger partial charge in [0.05, 0.1) is 17.4 Å². The second-order valence-corrected chi connectivity index (χ2v) is 7.19. The molecule has 162 valence electrons. The van der Waals surface area contributed by atoms with Crippen LogP contribution in [0.5, 0.6) is 0 Å². The molecule has 0 unspecified atom stereocenters. The molecule has 1 saturated heterocycles. The van der Waals surface area contributed by atoms with Crippen molar-refractivity contribution in [3.63, 3.8) is 0 Å². The first kappa shape index (κ1) is 23.9. The number of hydrogen-bond acceptors (Lipinski definition) is 4. The van der Waals surface area contributed by atoms with Gasteiger partial charge in [0.1, 0.15) is 0 Å². The summed E-state index contributed by atoms with van der Waals surface area (Å²) in [6.07, 6.45) is 6.16. The highest BCUT2D eigenvalue weighted by molar-refractivity contribution is 14.0. The summed E-state index contributed by atoms with van der Waals surface area (Å²) < 4.78 is 13.4. The Bertz CT molecular complexity index is 731. The van der Waals surface area contributed by atoms with Crippen LogP contribution >= 0.6 is 24.0 Å². The molecule has 1 aromatic heterocycles. The minimum absolute atomic E-state index is 0. The summed E-state index contributed by atoms with van der Waals surface area (Å²) in [5.41, 5.74) is 2.23. The van der Waals surface area contributed by atoms with Crippen molar-refractivity contribution in [3.8, 4) is 0 Å². The van der Waals surface area contributed by atoms with Gasteiger partial charge in [0.2, 0.25) is 0 Å². The molecular formula is C21H34IN5O2. The largest absolute Gasteiger partial charge is 0.381 e. The Morgan fingerprint density at radius 3 is 2.76 bits per heavy atom. The Morgan fingerprint density at radius 1 is 1.21 bits per heavy atom. The van der Waals surface area contributed by atoms with Gasteiger partial charge in [-0.25, -0.2) is 4.98 Å². The summed E-state index contributed by atoms with van der Waals surface area (Å²) >= 11 is 0. The number of nitrogens with zero attached hydrogens (tertiary/aromatic N) is 3. The van der Waals surface area contributed by atoms with Gasteiger partial charge in [-0.2, -0.15) is 0 Å². The van der Waals surface area contributed by atoms with Gasteiger partial charge in [-0.3, -0.25) is 4.99 Å². The molecule has 0 radical (unpaired) electrons. The molecule has 1 aliphatic heterocycles. The third-order valence-electron chi connectivity index (χ3n) is 5.07. The second-order valence-electron chi connectivity index (χ2n) is 7.19. The van der Waals surface area contributed by atoms with E-state index in [-0.39, 0.29) is 24.0 Å². The van der Waals surface area contributed by atoms with Gasteiger partial charge in [0.25, 0.3) is 0 Å². The molecule has 0 aliphatic carbocycles. The topological polar surface area (TPSA) is 72.7 Å². The van der Waals surface area contributed by atoms with Crippen LogP contribution in [-0.4, -0.2) is 62.1 Å². The summed E-state index contributed by atoms with van der Waals surface area (Å²) in [4.78, 5) is 8.72. The van der Waals surface area contributed by atoms with Crippen molar-refractivity contribution in [3.05, 3.63) is 30.6 Å². The standard InChI is InChI=1S/C21H33N5O2.HI/c1-22-21(24-11-5-13-28-16-18-8-14-27-15-9-18)23-10-4-12-26-17-25-19-6-2-3-7-20(19)26;/h2-3,6-7,17-18H,4-5,8-16H2,1H3,(H2,22,23,24);1H. The van der Waals surface area contributed by atoms with E-state index in [1.54, 1.807) is 7.05 Å². The van der Waals surface area contributed by atoms with Gasteiger partial charge in [-0.05, 0) is 43.7 Å². The number of rotatable bonds is 10. The molecule has 0 atom stereocenters.